The topological polar surface area (TPSA) is 35.5 Å². The average Bonchev–Trinajstić information content (AvgIpc) is 2.27. The van der Waals surface area contributed by atoms with Crippen LogP contribution in [-0.2, 0) is 0 Å². The van der Waals surface area contributed by atoms with Crippen molar-refractivity contribution in [3.8, 4) is 0 Å². The number of nitrogens with zero attached hydrogens (tertiary/aromatic N) is 1. The lowest BCUT2D eigenvalue weighted by Gasteiger charge is -2.32. The molecule has 0 bridgehead atoms. The molecule has 0 radical (unpaired) electrons. The molecule has 0 fully saturated rings. The molecule has 0 amide bonds. The molecule has 0 heterocycles. The summed E-state index contributed by atoms with van der Waals surface area (Å²) in [6.07, 6.45) is 3.37. The van der Waals surface area contributed by atoms with Crippen molar-refractivity contribution in [1.82, 2.24) is 10.2 Å². The number of rotatable bonds is 8. The predicted molar refractivity (Wildman–Crippen MR) is 66.2 cm³/mol. The van der Waals surface area contributed by atoms with Crippen LogP contribution in [0.2, 0.25) is 0 Å². The molecule has 0 aromatic rings. The van der Waals surface area contributed by atoms with Gasteiger partial charge in [-0.2, -0.15) is 0 Å². The fourth-order valence-electron chi connectivity index (χ4n) is 1.80. The summed E-state index contributed by atoms with van der Waals surface area (Å²) in [4.78, 5) is 2.39. The number of aliphatic hydroxyl groups is 1. The SMILES string of the molecule is CCC(CC)N(C)CCC(C)(CO)NC. The number of likely N-dealkylation sites (N-methyl/N-ethyl adjacent to an activating group) is 1. The van der Waals surface area contributed by atoms with Gasteiger partial charge < -0.3 is 15.3 Å². The van der Waals surface area contributed by atoms with E-state index in [2.05, 4.69) is 38.0 Å². The van der Waals surface area contributed by atoms with E-state index in [-0.39, 0.29) is 12.1 Å². The van der Waals surface area contributed by atoms with E-state index < -0.39 is 0 Å². The Bertz CT molecular complexity index is 154. The largest absolute Gasteiger partial charge is 0.394 e. The summed E-state index contributed by atoms with van der Waals surface area (Å²) in [5, 5.41) is 12.5. The highest BCUT2D eigenvalue weighted by Gasteiger charge is 2.22. The Morgan fingerprint density at radius 3 is 2.20 bits per heavy atom. The number of nitrogens with one attached hydrogen (secondary N) is 1. The first-order valence-electron chi connectivity index (χ1n) is 6.03. The lowest BCUT2D eigenvalue weighted by Crippen LogP contribution is -2.46. The molecule has 0 rings (SSSR count). The molecule has 0 aliphatic rings. The van der Waals surface area contributed by atoms with Gasteiger partial charge in [0.2, 0.25) is 0 Å². The van der Waals surface area contributed by atoms with E-state index in [0.29, 0.717) is 6.04 Å². The van der Waals surface area contributed by atoms with Crippen LogP contribution in [-0.4, -0.2) is 48.8 Å². The zero-order valence-electron chi connectivity index (χ0n) is 11.0. The minimum Gasteiger partial charge on any atom is -0.394 e. The van der Waals surface area contributed by atoms with Crippen molar-refractivity contribution in [1.29, 1.82) is 0 Å². The molecule has 0 aromatic heterocycles. The molecular formula is C12H28N2O. The molecule has 1 unspecified atom stereocenters. The minimum absolute atomic E-state index is 0.139. The minimum atomic E-state index is -0.139. The highest BCUT2D eigenvalue weighted by Crippen LogP contribution is 2.12. The Morgan fingerprint density at radius 1 is 1.33 bits per heavy atom. The maximum absolute atomic E-state index is 9.27. The Kier molecular flexibility index (Phi) is 7.14. The first-order chi connectivity index (χ1) is 7.02. The number of hydrogen-bond donors (Lipinski definition) is 2. The average molecular weight is 216 g/mol. The molecule has 0 spiro atoms. The Balaban J connectivity index is 4.02. The summed E-state index contributed by atoms with van der Waals surface area (Å²) in [5.41, 5.74) is -0.139. The Labute approximate surface area is 94.9 Å². The van der Waals surface area contributed by atoms with Crippen LogP contribution < -0.4 is 5.32 Å². The maximum Gasteiger partial charge on any atom is 0.0610 e. The van der Waals surface area contributed by atoms with Crippen LogP contribution in [0.15, 0.2) is 0 Å². The molecule has 0 saturated carbocycles. The van der Waals surface area contributed by atoms with Crippen molar-refractivity contribution in [3.05, 3.63) is 0 Å². The van der Waals surface area contributed by atoms with Crippen molar-refractivity contribution in [2.75, 3.05) is 27.2 Å². The molecule has 3 nitrogen and oxygen atoms in total. The zero-order valence-corrected chi connectivity index (χ0v) is 11.0. The van der Waals surface area contributed by atoms with E-state index in [4.69, 9.17) is 0 Å². The summed E-state index contributed by atoms with van der Waals surface area (Å²) in [6.45, 7) is 7.75. The van der Waals surface area contributed by atoms with Crippen LogP contribution in [0.5, 0.6) is 0 Å². The van der Waals surface area contributed by atoms with E-state index in [1.807, 2.05) is 7.05 Å². The summed E-state index contributed by atoms with van der Waals surface area (Å²) in [6, 6.07) is 0.671. The molecular weight excluding hydrogens is 188 g/mol. The van der Waals surface area contributed by atoms with Gasteiger partial charge in [-0.15, -0.1) is 0 Å². The van der Waals surface area contributed by atoms with Crippen LogP contribution in [0.3, 0.4) is 0 Å². The highest BCUT2D eigenvalue weighted by molar-refractivity contribution is 4.82. The molecule has 0 aliphatic carbocycles. The second-order valence-electron chi connectivity index (χ2n) is 4.67. The molecule has 2 N–H and O–H groups in total. The fourth-order valence-corrected chi connectivity index (χ4v) is 1.80. The summed E-state index contributed by atoms with van der Waals surface area (Å²) in [5.74, 6) is 0. The number of hydrogen-bond acceptors (Lipinski definition) is 3. The maximum atomic E-state index is 9.27. The lowest BCUT2D eigenvalue weighted by atomic mass is 9.98. The van der Waals surface area contributed by atoms with E-state index in [0.717, 1.165) is 13.0 Å². The van der Waals surface area contributed by atoms with Crippen molar-refractivity contribution >= 4 is 0 Å². The van der Waals surface area contributed by atoms with Gasteiger partial charge in [0, 0.05) is 11.6 Å². The standard InChI is InChI=1S/C12H28N2O/c1-6-11(7-2)14(5)9-8-12(3,10-15)13-4/h11,13,15H,6-10H2,1-5H3. The predicted octanol–water partition coefficient (Wildman–Crippen LogP) is 1.47. The third-order valence-electron chi connectivity index (χ3n) is 3.53. The Morgan fingerprint density at radius 2 is 1.87 bits per heavy atom. The van der Waals surface area contributed by atoms with Gasteiger partial charge in [0.25, 0.3) is 0 Å². The van der Waals surface area contributed by atoms with E-state index >= 15 is 0 Å². The number of aliphatic hydroxyl groups excluding tert-OH is 1. The van der Waals surface area contributed by atoms with Gasteiger partial charge in [-0.05, 0) is 46.8 Å². The monoisotopic (exact) mass is 216 g/mol. The second-order valence-corrected chi connectivity index (χ2v) is 4.67. The van der Waals surface area contributed by atoms with Gasteiger partial charge in [-0.3, -0.25) is 0 Å². The van der Waals surface area contributed by atoms with Gasteiger partial charge in [0.05, 0.1) is 6.61 Å². The van der Waals surface area contributed by atoms with Crippen LogP contribution in [0.4, 0.5) is 0 Å². The first kappa shape index (κ1) is 14.9. The molecule has 15 heavy (non-hydrogen) atoms. The molecule has 0 aromatic carbocycles. The van der Waals surface area contributed by atoms with Gasteiger partial charge in [-0.1, -0.05) is 13.8 Å². The van der Waals surface area contributed by atoms with E-state index in [1.165, 1.54) is 12.8 Å². The van der Waals surface area contributed by atoms with Gasteiger partial charge in [0.1, 0.15) is 0 Å². The fraction of sp³-hybridized carbons (Fsp3) is 1.00. The van der Waals surface area contributed by atoms with Crippen molar-refractivity contribution in [2.24, 2.45) is 0 Å². The van der Waals surface area contributed by atoms with E-state index in [1.54, 1.807) is 0 Å². The molecule has 1 atom stereocenters. The van der Waals surface area contributed by atoms with Crippen LogP contribution >= 0.6 is 0 Å². The normalized spacial score (nSPS) is 16.0. The Hall–Kier alpha value is -0.120. The third kappa shape index (κ3) is 4.96. The van der Waals surface area contributed by atoms with Crippen molar-refractivity contribution in [2.45, 2.75) is 51.6 Å². The quantitative estimate of drug-likeness (QED) is 0.645. The van der Waals surface area contributed by atoms with Crippen LogP contribution in [0.25, 0.3) is 0 Å². The van der Waals surface area contributed by atoms with Gasteiger partial charge >= 0.3 is 0 Å². The summed E-state index contributed by atoms with van der Waals surface area (Å²) < 4.78 is 0. The van der Waals surface area contributed by atoms with Crippen molar-refractivity contribution < 1.29 is 5.11 Å². The van der Waals surface area contributed by atoms with E-state index in [9.17, 15) is 5.11 Å². The van der Waals surface area contributed by atoms with Crippen molar-refractivity contribution in [3.63, 3.8) is 0 Å². The third-order valence-corrected chi connectivity index (χ3v) is 3.53. The molecule has 0 aliphatic heterocycles. The van der Waals surface area contributed by atoms with Gasteiger partial charge in [0.15, 0.2) is 0 Å². The first-order valence-corrected chi connectivity index (χ1v) is 6.03. The molecule has 3 heteroatoms. The molecule has 0 saturated heterocycles. The molecule has 92 valence electrons. The second kappa shape index (κ2) is 7.20. The van der Waals surface area contributed by atoms with Crippen LogP contribution in [0.1, 0.15) is 40.0 Å². The smallest absolute Gasteiger partial charge is 0.0610 e. The summed E-state index contributed by atoms with van der Waals surface area (Å²) >= 11 is 0. The summed E-state index contributed by atoms with van der Waals surface area (Å²) in [7, 11) is 4.08. The highest BCUT2D eigenvalue weighted by atomic mass is 16.3. The lowest BCUT2D eigenvalue weighted by molar-refractivity contribution is 0.144. The van der Waals surface area contributed by atoms with Crippen LogP contribution in [0, 0.1) is 0 Å². The zero-order chi connectivity index (χ0) is 11.9. The van der Waals surface area contributed by atoms with Gasteiger partial charge in [-0.25, -0.2) is 0 Å².